The molecule has 0 saturated carbocycles. The molecule has 0 bridgehead atoms. The van der Waals surface area contributed by atoms with Crippen LogP contribution in [0.1, 0.15) is 42.4 Å². The van der Waals surface area contributed by atoms with E-state index in [0.717, 1.165) is 23.4 Å². The Bertz CT molecular complexity index is 835. The molecule has 1 atom stereocenters. The van der Waals surface area contributed by atoms with Crippen molar-refractivity contribution in [3.8, 4) is 0 Å². The maximum atomic E-state index is 12.3. The summed E-state index contributed by atoms with van der Waals surface area (Å²) in [6.45, 7) is 2.61. The zero-order valence-electron chi connectivity index (χ0n) is 16.3. The fourth-order valence-electron chi connectivity index (χ4n) is 3.76. The van der Waals surface area contributed by atoms with Gasteiger partial charge in [-0.15, -0.1) is 0 Å². The summed E-state index contributed by atoms with van der Waals surface area (Å²) in [6.07, 6.45) is 3.80. The molecule has 1 aliphatic rings. The van der Waals surface area contributed by atoms with Gasteiger partial charge in [0.05, 0.1) is 0 Å². The molecule has 0 aromatic heterocycles. The van der Waals surface area contributed by atoms with Crippen LogP contribution in [0.15, 0.2) is 48.5 Å². The molecule has 28 heavy (non-hydrogen) atoms. The van der Waals surface area contributed by atoms with Crippen molar-refractivity contribution in [2.45, 2.75) is 51.0 Å². The quantitative estimate of drug-likeness (QED) is 0.706. The first-order valence-electron chi connectivity index (χ1n) is 9.82. The Morgan fingerprint density at radius 2 is 1.93 bits per heavy atom. The normalized spacial score (nSPS) is 18.7. The van der Waals surface area contributed by atoms with Crippen LogP contribution in [0.2, 0.25) is 5.02 Å². The lowest BCUT2D eigenvalue weighted by Crippen LogP contribution is -2.44. The van der Waals surface area contributed by atoms with Crippen LogP contribution >= 0.6 is 11.6 Å². The molecule has 1 fully saturated rings. The van der Waals surface area contributed by atoms with Crippen LogP contribution in [0.25, 0.3) is 0 Å². The second-order valence-electron chi connectivity index (χ2n) is 7.68. The van der Waals surface area contributed by atoms with E-state index in [2.05, 4.69) is 41.8 Å². The highest BCUT2D eigenvalue weighted by Crippen LogP contribution is 2.29. The van der Waals surface area contributed by atoms with Gasteiger partial charge in [0.2, 0.25) is 11.8 Å². The Morgan fingerprint density at radius 1 is 1.18 bits per heavy atom. The second kappa shape index (κ2) is 9.24. The summed E-state index contributed by atoms with van der Waals surface area (Å²) < 4.78 is 0. The maximum absolute atomic E-state index is 12.3. The van der Waals surface area contributed by atoms with Crippen LogP contribution in [-0.2, 0) is 22.4 Å². The summed E-state index contributed by atoms with van der Waals surface area (Å²) in [5.41, 5.74) is 3.10. The Balaban J connectivity index is 1.52. The zero-order chi connectivity index (χ0) is 20.0. The SMILES string of the molecule is Cc1ccc(CC2(CCC(=O)NCCc3ccccc3Cl)CCC(=O)N2)cc1. The van der Waals surface area contributed by atoms with E-state index in [1.807, 2.05) is 24.3 Å². The molecule has 148 valence electrons. The van der Waals surface area contributed by atoms with Gasteiger partial charge in [0.25, 0.3) is 0 Å². The minimum absolute atomic E-state index is 0.0106. The molecule has 2 amide bonds. The lowest BCUT2D eigenvalue weighted by atomic mass is 9.84. The van der Waals surface area contributed by atoms with Crippen molar-refractivity contribution in [1.29, 1.82) is 0 Å². The first kappa shape index (κ1) is 20.4. The largest absolute Gasteiger partial charge is 0.356 e. The van der Waals surface area contributed by atoms with E-state index in [-0.39, 0.29) is 17.4 Å². The zero-order valence-corrected chi connectivity index (χ0v) is 17.0. The third-order valence-corrected chi connectivity index (χ3v) is 5.77. The van der Waals surface area contributed by atoms with E-state index in [1.165, 1.54) is 11.1 Å². The lowest BCUT2D eigenvalue weighted by Gasteiger charge is -2.29. The molecule has 2 N–H and O–H groups in total. The molecular formula is C23H27ClN2O2. The Labute approximate surface area is 171 Å². The standard InChI is InChI=1S/C23H27ClN2O2/c1-17-6-8-18(9-7-17)16-23(14-11-22(28)26-23)13-10-21(27)25-15-12-19-4-2-3-5-20(19)24/h2-9H,10-16H2,1H3,(H,25,27)(H,26,28). The van der Waals surface area contributed by atoms with E-state index in [0.29, 0.717) is 32.2 Å². The van der Waals surface area contributed by atoms with Gasteiger partial charge in [-0.25, -0.2) is 0 Å². The van der Waals surface area contributed by atoms with Crippen molar-refractivity contribution >= 4 is 23.4 Å². The monoisotopic (exact) mass is 398 g/mol. The highest BCUT2D eigenvalue weighted by molar-refractivity contribution is 6.31. The summed E-state index contributed by atoms with van der Waals surface area (Å²) in [7, 11) is 0. The first-order valence-corrected chi connectivity index (χ1v) is 10.2. The number of carbonyl (C=O) groups is 2. The number of aryl methyl sites for hydroxylation is 1. The van der Waals surface area contributed by atoms with Crippen molar-refractivity contribution in [2.24, 2.45) is 0 Å². The van der Waals surface area contributed by atoms with Gasteiger partial charge in [-0.1, -0.05) is 59.6 Å². The highest BCUT2D eigenvalue weighted by Gasteiger charge is 2.37. The van der Waals surface area contributed by atoms with Gasteiger partial charge in [0.1, 0.15) is 0 Å². The van der Waals surface area contributed by atoms with Crippen molar-refractivity contribution in [3.05, 3.63) is 70.2 Å². The number of halogens is 1. The third kappa shape index (κ3) is 5.59. The number of benzene rings is 2. The molecule has 0 radical (unpaired) electrons. The van der Waals surface area contributed by atoms with Crippen LogP contribution in [0.3, 0.4) is 0 Å². The summed E-state index contributed by atoms with van der Waals surface area (Å²) in [6, 6.07) is 16.0. The summed E-state index contributed by atoms with van der Waals surface area (Å²) >= 11 is 6.15. The molecule has 0 aliphatic carbocycles. The number of hydrogen-bond donors (Lipinski definition) is 2. The molecular weight excluding hydrogens is 372 g/mol. The Kier molecular flexibility index (Phi) is 6.74. The topological polar surface area (TPSA) is 58.2 Å². The van der Waals surface area contributed by atoms with Crippen molar-refractivity contribution in [3.63, 3.8) is 0 Å². The number of nitrogens with one attached hydrogen (secondary N) is 2. The predicted octanol–water partition coefficient (Wildman–Crippen LogP) is 3.98. The maximum Gasteiger partial charge on any atom is 0.220 e. The van der Waals surface area contributed by atoms with Crippen molar-refractivity contribution in [2.75, 3.05) is 6.54 Å². The molecule has 1 aliphatic heterocycles. The van der Waals surface area contributed by atoms with Gasteiger partial charge >= 0.3 is 0 Å². The molecule has 1 unspecified atom stereocenters. The highest BCUT2D eigenvalue weighted by atomic mass is 35.5. The van der Waals surface area contributed by atoms with Crippen LogP contribution in [0.4, 0.5) is 0 Å². The van der Waals surface area contributed by atoms with Gasteiger partial charge in [-0.3, -0.25) is 9.59 Å². The van der Waals surface area contributed by atoms with Gasteiger partial charge in [-0.2, -0.15) is 0 Å². The number of amides is 2. The van der Waals surface area contributed by atoms with E-state index in [1.54, 1.807) is 0 Å². The van der Waals surface area contributed by atoms with Gasteiger partial charge in [0, 0.05) is 29.9 Å². The Hall–Kier alpha value is -2.33. The molecule has 1 saturated heterocycles. The number of rotatable bonds is 8. The third-order valence-electron chi connectivity index (χ3n) is 5.40. The molecule has 0 spiro atoms. The summed E-state index contributed by atoms with van der Waals surface area (Å²) in [5.74, 6) is 0.0859. The van der Waals surface area contributed by atoms with Gasteiger partial charge in [0.15, 0.2) is 0 Å². The molecule has 5 heteroatoms. The van der Waals surface area contributed by atoms with Crippen LogP contribution in [0.5, 0.6) is 0 Å². The lowest BCUT2D eigenvalue weighted by molar-refractivity contribution is -0.122. The predicted molar refractivity (Wildman–Crippen MR) is 112 cm³/mol. The summed E-state index contributed by atoms with van der Waals surface area (Å²) in [5, 5.41) is 6.84. The minimum Gasteiger partial charge on any atom is -0.356 e. The van der Waals surface area contributed by atoms with E-state index in [4.69, 9.17) is 11.6 Å². The smallest absolute Gasteiger partial charge is 0.220 e. The minimum atomic E-state index is -0.327. The van der Waals surface area contributed by atoms with E-state index >= 15 is 0 Å². The van der Waals surface area contributed by atoms with Gasteiger partial charge in [-0.05, 0) is 49.8 Å². The average molecular weight is 399 g/mol. The molecule has 1 heterocycles. The van der Waals surface area contributed by atoms with Crippen molar-refractivity contribution < 1.29 is 9.59 Å². The van der Waals surface area contributed by atoms with E-state index < -0.39 is 0 Å². The number of carbonyl (C=O) groups excluding carboxylic acids is 2. The first-order chi connectivity index (χ1) is 13.5. The van der Waals surface area contributed by atoms with Crippen molar-refractivity contribution in [1.82, 2.24) is 10.6 Å². The van der Waals surface area contributed by atoms with Crippen LogP contribution in [0, 0.1) is 6.92 Å². The van der Waals surface area contributed by atoms with Crippen LogP contribution in [-0.4, -0.2) is 23.9 Å². The molecule has 2 aromatic carbocycles. The summed E-state index contributed by atoms with van der Waals surface area (Å²) in [4.78, 5) is 24.2. The Morgan fingerprint density at radius 3 is 2.61 bits per heavy atom. The fourth-order valence-corrected chi connectivity index (χ4v) is 3.99. The molecule has 2 aromatic rings. The fraction of sp³-hybridized carbons (Fsp3) is 0.391. The average Bonchev–Trinajstić information content (AvgIpc) is 3.04. The molecule has 3 rings (SSSR count). The van der Waals surface area contributed by atoms with E-state index in [9.17, 15) is 9.59 Å². The second-order valence-corrected chi connectivity index (χ2v) is 8.09. The molecule has 4 nitrogen and oxygen atoms in total. The number of hydrogen-bond acceptors (Lipinski definition) is 2. The van der Waals surface area contributed by atoms with Gasteiger partial charge < -0.3 is 10.6 Å². The van der Waals surface area contributed by atoms with Crippen LogP contribution < -0.4 is 10.6 Å².